The summed E-state index contributed by atoms with van der Waals surface area (Å²) in [6.07, 6.45) is 24.7. The third-order valence-electron chi connectivity index (χ3n) is 5.74. The number of hydrogen-bond donors (Lipinski definition) is 0. The zero-order valence-electron chi connectivity index (χ0n) is 19.1. The van der Waals surface area contributed by atoms with Crippen LogP contribution in [-0.4, -0.2) is 12.6 Å². The molecular weight excluding hydrogens is 356 g/mol. The summed E-state index contributed by atoms with van der Waals surface area (Å²) in [5.74, 6) is -0.197. The van der Waals surface area contributed by atoms with Gasteiger partial charge in [0.1, 0.15) is 0 Å². The van der Waals surface area contributed by atoms with Crippen LogP contribution in [0.3, 0.4) is 0 Å². The van der Waals surface area contributed by atoms with Crippen LogP contribution in [0.1, 0.15) is 133 Å². The number of carbonyl (C=O) groups excluding carboxylic acids is 1. The van der Waals surface area contributed by atoms with Crippen molar-refractivity contribution in [1.82, 2.24) is 0 Å². The first kappa shape index (κ1) is 25.7. The Morgan fingerprint density at radius 2 is 0.966 bits per heavy atom. The minimum Gasteiger partial charge on any atom is -0.462 e. The lowest BCUT2D eigenvalue weighted by Gasteiger charge is -2.05. The van der Waals surface area contributed by atoms with Crippen LogP contribution in [-0.2, 0) is 4.74 Å². The zero-order chi connectivity index (χ0) is 20.8. The Hall–Kier alpha value is -1.31. The zero-order valence-corrected chi connectivity index (χ0v) is 19.1. The second kappa shape index (κ2) is 20.0. The van der Waals surface area contributed by atoms with Crippen molar-refractivity contribution in [3.05, 3.63) is 35.9 Å². The summed E-state index contributed by atoms with van der Waals surface area (Å²) in [6, 6.07) is 9.25. The molecule has 0 bridgehead atoms. The molecule has 2 heteroatoms. The molecule has 2 nitrogen and oxygen atoms in total. The van der Waals surface area contributed by atoms with Gasteiger partial charge in [0.05, 0.1) is 12.2 Å². The van der Waals surface area contributed by atoms with Crippen LogP contribution >= 0.6 is 0 Å². The largest absolute Gasteiger partial charge is 0.462 e. The predicted octanol–water partition coefficient (Wildman–Crippen LogP) is 8.89. The van der Waals surface area contributed by atoms with Gasteiger partial charge in [-0.2, -0.15) is 0 Å². The van der Waals surface area contributed by atoms with E-state index in [9.17, 15) is 4.79 Å². The number of ether oxygens (including phenoxy) is 1. The highest BCUT2D eigenvalue weighted by Gasteiger charge is 2.04. The summed E-state index contributed by atoms with van der Waals surface area (Å²) in [4.78, 5) is 11.8. The molecule has 0 atom stereocenters. The molecule has 0 saturated carbocycles. The molecule has 0 heterocycles. The molecule has 0 aliphatic heterocycles. The predicted molar refractivity (Wildman–Crippen MR) is 126 cm³/mol. The molecule has 29 heavy (non-hydrogen) atoms. The number of hydrogen-bond acceptors (Lipinski definition) is 2. The number of benzene rings is 1. The Morgan fingerprint density at radius 1 is 0.586 bits per heavy atom. The van der Waals surface area contributed by atoms with Crippen molar-refractivity contribution in [2.45, 2.75) is 122 Å². The lowest BCUT2D eigenvalue weighted by atomic mass is 10.0. The van der Waals surface area contributed by atoms with Crippen LogP contribution in [0.15, 0.2) is 30.3 Å². The number of carbonyl (C=O) groups is 1. The molecule has 0 spiro atoms. The number of unbranched alkanes of at least 4 members (excludes halogenated alkanes) is 17. The number of esters is 1. The van der Waals surface area contributed by atoms with Crippen LogP contribution in [0.4, 0.5) is 0 Å². The molecule has 0 fully saturated rings. The van der Waals surface area contributed by atoms with E-state index in [4.69, 9.17) is 4.74 Å². The maximum atomic E-state index is 11.8. The lowest BCUT2D eigenvalue weighted by Crippen LogP contribution is -2.06. The lowest BCUT2D eigenvalue weighted by molar-refractivity contribution is 0.0497. The highest BCUT2D eigenvalue weighted by Crippen LogP contribution is 2.14. The first-order chi connectivity index (χ1) is 14.3. The second-order valence-corrected chi connectivity index (χ2v) is 8.51. The van der Waals surface area contributed by atoms with Gasteiger partial charge in [-0.25, -0.2) is 4.79 Å². The van der Waals surface area contributed by atoms with Gasteiger partial charge in [0, 0.05) is 0 Å². The molecule has 0 aliphatic rings. The summed E-state index contributed by atoms with van der Waals surface area (Å²) in [7, 11) is 0. The average molecular weight is 403 g/mol. The fourth-order valence-corrected chi connectivity index (χ4v) is 3.83. The van der Waals surface area contributed by atoms with Crippen LogP contribution in [0, 0.1) is 0 Å². The van der Waals surface area contributed by atoms with E-state index in [-0.39, 0.29) is 5.97 Å². The summed E-state index contributed by atoms with van der Waals surface area (Å²) in [6.45, 7) is 2.83. The highest BCUT2D eigenvalue weighted by molar-refractivity contribution is 5.89. The van der Waals surface area contributed by atoms with Crippen molar-refractivity contribution in [1.29, 1.82) is 0 Å². The quantitative estimate of drug-likeness (QED) is 0.161. The highest BCUT2D eigenvalue weighted by atomic mass is 16.5. The molecule has 0 aliphatic carbocycles. The van der Waals surface area contributed by atoms with E-state index in [1.807, 2.05) is 18.2 Å². The van der Waals surface area contributed by atoms with Crippen LogP contribution in [0.25, 0.3) is 0 Å². The first-order valence-electron chi connectivity index (χ1n) is 12.6. The summed E-state index contributed by atoms with van der Waals surface area (Å²) < 4.78 is 5.32. The molecule has 0 aromatic heterocycles. The minimum absolute atomic E-state index is 0.197. The Balaban J connectivity index is 1.72. The Labute approximate surface area is 180 Å². The SMILES string of the molecule is CCCCCCCCCCCCCCCCCCCCOC(=O)c1ccccc1. The van der Waals surface area contributed by atoms with Crippen molar-refractivity contribution >= 4 is 5.97 Å². The standard InChI is InChI=1S/C27H46O2/c1-2-3-4-5-6-7-8-9-10-11-12-13-14-15-16-17-18-22-25-29-27(28)26-23-20-19-21-24-26/h19-21,23-24H,2-18,22,25H2,1H3. The van der Waals surface area contributed by atoms with E-state index in [1.54, 1.807) is 12.1 Å². The maximum Gasteiger partial charge on any atom is 0.338 e. The smallest absolute Gasteiger partial charge is 0.338 e. The van der Waals surface area contributed by atoms with Gasteiger partial charge in [0.15, 0.2) is 0 Å². The fraction of sp³-hybridized carbons (Fsp3) is 0.741. The van der Waals surface area contributed by atoms with E-state index in [0.29, 0.717) is 12.2 Å². The normalized spacial score (nSPS) is 10.9. The van der Waals surface area contributed by atoms with Gasteiger partial charge in [0.2, 0.25) is 0 Å². The third-order valence-corrected chi connectivity index (χ3v) is 5.74. The summed E-state index contributed by atoms with van der Waals surface area (Å²) in [5, 5.41) is 0. The van der Waals surface area contributed by atoms with Crippen molar-refractivity contribution in [3.8, 4) is 0 Å². The minimum atomic E-state index is -0.197. The molecule has 1 rings (SSSR count). The van der Waals surface area contributed by atoms with Crippen LogP contribution < -0.4 is 0 Å². The van der Waals surface area contributed by atoms with Crippen molar-refractivity contribution in [2.24, 2.45) is 0 Å². The average Bonchev–Trinajstić information content (AvgIpc) is 2.75. The van der Waals surface area contributed by atoms with Crippen LogP contribution in [0.2, 0.25) is 0 Å². The van der Waals surface area contributed by atoms with Crippen molar-refractivity contribution in [2.75, 3.05) is 6.61 Å². The van der Waals surface area contributed by atoms with E-state index in [0.717, 1.165) is 6.42 Å². The number of rotatable bonds is 20. The Bertz CT molecular complexity index is 469. The molecule has 1 aromatic carbocycles. The fourth-order valence-electron chi connectivity index (χ4n) is 3.83. The van der Waals surface area contributed by atoms with E-state index >= 15 is 0 Å². The van der Waals surface area contributed by atoms with Gasteiger partial charge >= 0.3 is 5.97 Å². The molecule has 166 valence electrons. The summed E-state index contributed by atoms with van der Waals surface area (Å²) in [5.41, 5.74) is 0.648. The van der Waals surface area contributed by atoms with Gasteiger partial charge in [0.25, 0.3) is 0 Å². The molecule has 0 N–H and O–H groups in total. The van der Waals surface area contributed by atoms with Crippen molar-refractivity contribution in [3.63, 3.8) is 0 Å². The van der Waals surface area contributed by atoms with Gasteiger partial charge in [-0.15, -0.1) is 0 Å². The van der Waals surface area contributed by atoms with Gasteiger partial charge < -0.3 is 4.74 Å². The van der Waals surface area contributed by atoms with Gasteiger partial charge in [-0.3, -0.25) is 0 Å². The van der Waals surface area contributed by atoms with Gasteiger partial charge in [-0.1, -0.05) is 134 Å². The molecule has 0 saturated heterocycles. The monoisotopic (exact) mass is 402 g/mol. The second-order valence-electron chi connectivity index (χ2n) is 8.51. The van der Waals surface area contributed by atoms with E-state index in [1.165, 1.54) is 109 Å². The van der Waals surface area contributed by atoms with Crippen LogP contribution in [0.5, 0.6) is 0 Å². The van der Waals surface area contributed by atoms with E-state index in [2.05, 4.69) is 6.92 Å². The third kappa shape index (κ3) is 16.2. The Morgan fingerprint density at radius 3 is 1.38 bits per heavy atom. The molecular formula is C27H46O2. The summed E-state index contributed by atoms with van der Waals surface area (Å²) >= 11 is 0. The topological polar surface area (TPSA) is 26.3 Å². The van der Waals surface area contributed by atoms with E-state index < -0.39 is 0 Å². The maximum absolute atomic E-state index is 11.8. The molecule has 1 aromatic rings. The van der Waals surface area contributed by atoms with Gasteiger partial charge in [-0.05, 0) is 18.6 Å². The Kier molecular flexibility index (Phi) is 17.7. The molecule has 0 unspecified atom stereocenters. The molecule has 0 radical (unpaired) electrons. The first-order valence-corrected chi connectivity index (χ1v) is 12.6. The van der Waals surface area contributed by atoms with Crippen molar-refractivity contribution < 1.29 is 9.53 Å². The molecule has 0 amide bonds.